The SMILES string of the molecule is Cc1cccc2c1=CCCCC=2. The van der Waals surface area contributed by atoms with Gasteiger partial charge in [-0.05, 0) is 42.2 Å². The summed E-state index contributed by atoms with van der Waals surface area (Å²) in [4.78, 5) is 0. The highest BCUT2D eigenvalue weighted by Crippen LogP contribution is 2.00. The third-order valence-electron chi connectivity index (χ3n) is 2.48. The van der Waals surface area contributed by atoms with Crippen LogP contribution < -0.4 is 10.4 Å². The highest BCUT2D eigenvalue weighted by atomic mass is 14.0. The van der Waals surface area contributed by atoms with Crippen LogP contribution in [0.2, 0.25) is 0 Å². The van der Waals surface area contributed by atoms with Crippen LogP contribution in [0.5, 0.6) is 0 Å². The second-order valence-corrected chi connectivity index (χ2v) is 3.42. The monoisotopic (exact) mass is 158 g/mol. The summed E-state index contributed by atoms with van der Waals surface area (Å²) in [7, 11) is 0. The maximum absolute atomic E-state index is 2.37. The molecule has 0 nitrogen and oxygen atoms in total. The number of hydrogen-bond acceptors (Lipinski definition) is 0. The van der Waals surface area contributed by atoms with Crippen molar-refractivity contribution < 1.29 is 0 Å². The lowest BCUT2D eigenvalue weighted by Gasteiger charge is -1.93. The zero-order valence-electron chi connectivity index (χ0n) is 7.51. The minimum Gasteiger partial charge on any atom is -0.0767 e. The molecule has 12 heavy (non-hydrogen) atoms. The molecule has 62 valence electrons. The van der Waals surface area contributed by atoms with Crippen molar-refractivity contribution in [2.75, 3.05) is 0 Å². The van der Waals surface area contributed by atoms with Gasteiger partial charge in [0.1, 0.15) is 0 Å². The summed E-state index contributed by atoms with van der Waals surface area (Å²) in [6, 6.07) is 6.54. The first-order valence-corrected chi connectivity index (χ1v) is 4.64. The molecule has 0 saturated heterocycles. The van der Waals surface area contributed by atoms with Crippen LogP contribution in [0, 0.1) is 6.92 Å². The van der Waals surface area contributed by atoms with Crippen LogP contribution in [0.25, 0.3) is 12.2 Å². The maximum Gasteiger partial charge on any atom is -0.0198 e. The molecule has 1 aliphatic rings. The fraction of sp³-hybridized carbons (Fsp3) is 0.333. The highest BCUT2D eigenvalue weighted by Gasteiger charge is 1.94. The second kappa shape index (κ2) is 3.14. The Morgan fingerprint density at radius 3 is 2.83 bits per heavy atom. The van der Waals surface area contributed by atoms with E-state index in [0.717, 1.165) is 0 Å². The van der Waals surface area contributed by atoms with Crippen molar-refractivity contribution in [2.24, 2.45) is 0 Å². The van der Waals surface area contributed by atoms with Crippen LogP contribution in [0.3, 0.4) is 0 Å². The molecular formula is C12H14. The molecule has 0 saturated carbocycles. The summed E-state index contributed by atoms with van der Waals surface area (Å²) in [6.07, 6.45) is 8.48. The van der Waals surface area contributed by atoms with E-state index < -0.39 is 0 Å². The number of benzene rings is 1. The lowest BCUT2D eigenvalue weighted by Crippen LogP contribution is -2.25. The van der Waals surface area contributed by atoms with Crippen LogP contribution in [-0.4, -0.2) is 0 Å². The lowest BCUT2D eigenvalue weighted by molar-refractivity contribution is 0.924. The van der Waals surface area contributed by atoms with Crippen LogP contribution in [0.15, 0.2) is 18.2 Å². The van der Waals surface area contributed by atoms with Gasteiger partial charge in [0.05, 0.1) is 0 Å². The molecule has 0 aromatic heterocycles. The van der Waals surface area contributed by atoms with Gasteiger partial charge in [-0.25, -0.2) is 0 Å². The minimum atomic E-state index is 1.23. The number of rotatable bonds is 0. The summed E-state index contributed by atoms with van der Waals surface area (Å²) >= 11 is 0. The van der Waals surface area contributed by atoms with Gasteiger partial charge in [-0.2, -0.15) is 0 Å². The molecule has 0 heteroatoms. The van der Waals surface area contributed by atoms with Gasteiger partial charge in [0, 0.05) is 0 Å². The van der Waals surface area contributed by atoms with Crippen molar-refractivity contribution in [1.82, 2.24) is 0 Å². The molecule has 1 aromatic rings. The zero-order chi connectivity index (χ0) is 8.39. The quantitative estimate of drug-likeness (QED) is 0.539. The molecule has 0 N–H and O–H groups in total. The van der Waals surface area contributed by atoms with E-state index in [0.29, 0.717) is 0 Å². The van der Waals surface area contributed by atoms with Crippen LogP contribution >= 0.6 is 0 Å². The van der Waals surface area contributed by atoms with Gasteiger partial charge in [-0.3, -0.25) is 0 Å². The van der Waals surface area contributed by atoms with E-state index in [2.05, 4.69) is 37.3 Å². The molecule has 0 fully saturated rings. The van der Waals surface area contributed by atoms with E-state index in [4.69, 9.17) is 0 Å². The Hall–Kier alpha value is -1.04. The molecule has 0 atom stereocenters. The zero-order valence-corrected chi connectivity index (χ0v) is 7.51. The van der Waals surface area contributed by atoms with Gasteiger partial charge in [0.2, 0.25) is 0 Å². The molecule has 0 aliphatic heterocycles. The molecule has 0 spiro atoms. The van der Waals surface area contributed by atoms with Gasteiger partial charge < -0.3 is 0 Å². The molecule has 2 rings (SSSR count). The van der Waals surface area contributed by atoms with Gasteiger partial charge in [-0.1, -0.05) is 30.4 Å². The van der Waals surface area contributed by atoms with Crippen molar-refractivity contribution >= 4 is 12.2 Å². The van der Waals surface area contributed by atoms with Crippen molar-refractivity contribution in [1.29, 1.82) is 0 Å². The topological polar surface area (TPSA) is 0 Å². The largest absolute Gasteiger partial charge is 0.0767 e. The third-order valence-corrected chi connectivity index (χ3v) is 2.48. The second-order valence-electron chi connectivity index (χ2n) is 3.42. The van der Waals surface area contributed by atoms with Crippen LogP contribution in [-0.2, 0) is 0 Å². The number of fused-ring (bicyclic) bond motifs is 1. The van der Waals surface area contributed by atoms with E-state index in [9.17, 15) is 0 Å². The Morgan fingerprint density at radius 1 is 1.08 bits per heavy atom. The van der Waals surface area contributed by atoms with E-state index >= 15 is 0 Å². The molecule has 0 unspecified atom stereocenters. The summed E-state index contributed by atoms with van der Waals surface area (Å²) in [6.45, 7) is 2.19. The van der Waals surface area contributed by atoms with E-state index in [1.54, 1.807) is 0 Å². The predicted molar refractivity (Wildman–Crippen MR) is 53.2 cm³/mol. The normalized spacial score (nSPS) is 15.4. The van der Waals surface area contributed by atoms with Crippen LogP contribution in [0.4, 0.5) is 0 Å². The van der Waals surface area contributed by atoms with Crippen molar-refractivity contribution in [3.63, 3.8) is 0 Å². The van der Waals surface area contributed by atoms with Gasteiger partial charge in [0.15, 0.2) is 0 Å². The summed E-state index contributed by atoms with van der Waals surface area (Å²) in [5, 5.41) is 2.88. The van der Waals surface area contributed by atoms with Gasteiger partial charge in [-0.15, -0.1) is 0 Å². The Kier molecular flexibility index (Phi) is 1.99. The minimum absolute atomic E-state index is 1.23. The summed E-state index contributed by atoms with van der Waals surface area (Å²) in [5.74, 6) is 0. The predicted octanol–water partition coefficient (Wildman–Crippen LogP) is 1.74. The van der Waals surface area contributed by atoms with E-state index in [-0.39, 0.29) is 0 Å². The molecule has 0 bridgehead atoms. The highest BCUT2D eigenvalue weighted by molar-refractivity contribution is 5.37. The molecule has 1 aromatic carbocycles. The van der Waals surface area contributed by atoms with E-state index in [1.807, 2.05) is 0 Å². The average Bonchev–Trinajstić information content (AvgIpc) is 2.30. The fourth-order valence-corrected chi connectivity index (χ4v) is 1.78. The average molecular weight is 158 g/mol. The Bertz CT molecular complexity index is 385. The Balaban J connectivity index is 2.79. The standard InChI is InChI=1S/C12H14/c1-10-6-5-8-11-7-3-2-4-9-12(10)11/h5-9H,2-4H2,1H3. The van der Waals surface area contributed by atoms with E-state index in [1.165, 1.54) is 35.3 Å². The van der Waals surface area contributed by atoms with Crippen molar-refractivity contribution in [3.05, 3.63) is 34.2 Å². The molecule has 0 amide bonds. The van der Waals surface area contributed by atoms with Crippen molar-refractivity contribution in [3.8, 4) is 0 Å². The molecular weight excluding hydrogens is 144 g/mol. The maximum atomic E-state index is 2.37. The summed E-state index contributed by atoms with van der Waals surface area (Å²) in [5.41, 5.74) is 1.41. The Morgan fingerprint density at radius 2 is 1.92 bits per heavy atom. The number of hydrogen-bond donors (Lipinski definition) is 0. The third kappa shape index (κ3) is 1.29. The fourth-order valence-electron chi connectivity index (χ4n) is 1.78. The first kappa shape index (κ1) is 7.60. The van der Waals surface area contributed by atoms with Crippen LogP contribution in [0.1, 0.15) is 24.8 Å². The summed E-state index contributed by atoms with van der Waals surface area (Å²) < 4.78 is 0. The van der Waals surface area contributed by atoms with Gasteiger partial charge in [0.25, 0.3) is 0 Å². The van der Waals surface area contributed by atoms with Crippen molar-refractivity contribution in [2.45, 2.75) is 26.2 Å². The molecule has 0 radical (unpaired) electrons. The molecule has 1 aliphatic carbocycles. The first-order chi connectivity index (χ1) is 5.88. The molecule has 0 heterocycles. The number of aryl methyl sites for hydroxylation is 1. The lowest BCUT2D eigenvalue weighted by atomic mass is 10.1. The van der Waals surface area contributed by atoms with Gasteiger partial charge >= 0.3 is 0 Å². The first-order valence-electron chi connectivity index (χ1n) is 4.64. The smallest absolute Gasteiger partial charge is 0.0198 e. The Labute approximate surface area is 73.2 Å².